The standard InChI is InChI=1S/C8H17F2NO2S/c1-5-13-7(6(9)10)11-14(12)8(2,3)4/h6-7,11H,5H2,1-4H3/t7?,14-/m0/s1. The fraction of sp³-hybridized carbons (Fsp3) is 1.00. The van der Waals surface area contributed by atoms with Crippen molar-refractivity contribution >= 4 is 11.4 Å². The quantitative estimate of drug-likeness (QED) is 0.576. The fourth-order valence-electron chi connectivity index (χ4n) is 0.620. The number of ether oxygens (including phenoxy) is 1. The molecule has 0 rings (SSSR count). The number of alkyl halides is 2. The van der Waals surface area contributed by atoms with E-state index in [1.165, 1.54) is 0 Å². The minimum Gasteiger partial charge on any atom is -0.598 e. The molecule has 0 saturated carbocycles. The summed E-state index contributed by atoms with van der Waals surface area (Å²) in [5, 5.41) is 0. The fourth-order valence-corrected chi connectivity index (χ4v) is 1.36. The Morgan fingerprint density at radius 1 is 1.43 bits per heavy atom. The normalized spacial score (nSPS) is 17.1. The van der Waals surface area contributed by atoms with Crippen LogP contribution >= 0.6 is 0 Å². The van der Waals surface area contributed by atoms with Gasteiger partial charge in [0.05, 0.1) is 0 Å². The predicted octanol–water partition coefficient (Wildman–Crippen LogP) is 1.67. The second-order valence-electron chi connectivity index (χ2n) is 3.71. The van der Waals surface area contributed by atoms with Crippen LogP contribution in [-0.4, -0.2) is 28.6 Å². The Kier molecular flexibility index (Phi) is 5.88. The third-order valence-electron chi connectivity index (χ3n) is 1.35. The van der Waals surface area contributed by atoms with Gasteiger partial charge in [-0.25, -0.2) is 8.78 Å². The number of rotatable bonds is 5. The Morgan fingerprint density at radius 2 is 1.93 bits per heavy atom. The molecule has 86 valence electrons. The molecule has 14 heavy (non-hydrogen) atoms. The zero-order valence-corrected chi connectivity index (χ0v) is 9.66. The Hall–Kier alpha value is 0.0900. The molecule has 0 aromatic heterocycles. The summed E-state index contributed by atoms with van der Waals surface area (Å²) in [7, 11) is 0. The van der Waals surface area contributed by atoms with Gasteiger partial charge in [-0.05, 0) is 27.7 Å². The van der Waals surface area contributed by atoms with Crippen molar-refractivity contribution in [2.24, 2.45) is 0 Å². The van der Waals surface area contributed by atoms with Crippen molar-refractivity contribution < 1.29 is 18.1 Å². The van der Waals surface area contributed by atoms with Crippen molar-refractivity contribution in [2.45, 2.75) is 45.1 Å². The lowest BCUT2D eigenvalue weighted by molar-refractivity contribution is -0.0571. The van der Waals surface area contributed by atoms with Crippen LogP contribution in [0.1, 0.15) is 27.7 Å². The van der Waals surface area contributed by atoms with Crippen molar-refractivity contribution in [3.05, 3.63) is 0 Å². The first-order chi connectivity index (χ1) is 6.29. The SMILES string of the molecule is CCOC(N[S@@+]([O-])C(C)(C)C)C(F)F. The summed E-state index contributed by atoms with van der Waals surface area (Å²) in [5.74, 6) is 0. The molecule has 0 aromatic carbocycles. The summed E-state index contributed by atoms with van der Waals surface area (Å²) in [4.78, 5) is 0. The van der Waals surface area contributed by atoms with Crippen molar-refractivity contribution in [2.75, 3.05) is 6.61 Å². The third kappa shape index (κ3) is 5.09. The van der Waals surface area contributed by atoms with E-state index < -0.39 is 28.8 Å². The smallest absolute Gasteiger partial charge is 0.281 e. The van der Waals surface area contributed by atoms with Gasteiger partial charge in [-0.1, -0.05) is 0 Å². The molecule has 3 nitrogen and oxygen atoms in total. The molecule has 0 aliphatic rings. The molecule has 1 N–H and O–H groups in total. The van der Waals surface area contributed by atoms with E-state index in [2.05, 4.69) is 4.72 Å². The van der Waals surface area contributed by atoms with Gasteiger partial charge in [-0.2, -0.15) is 0 Å². The van der Waals surface area contributed by atoms with Gasteiger partial charge in [0.25, 0.3) is 6.43 Å². The van der Waals surface area contributed by atoms with Gasteiger partial charge in [0.1, 0.15) is 4.75 Å². The first kappa shape index (κ1) is 14.1. The van der Waals surface area contributed by atoms with E-state index in [9.17, 15) is 13.3 Å². The zero-order valence-electron chi connectivity index (χ0n) is 8.84. The van der Waals surface area contributed by atoms with E-state index in [4.69, 9.17) is 4.74 Å². The van der Waals surface area contributed by atoms with Crippen molar-refractivity contribution in [3.63, 3.8) is 0 Å². The van der Waals surface area contributed by atoms with Crippen molar-refractivity contribution in [1.29, 1.82) is 0 Å². The average Bonchev–Trinajstić information content (AvgIpc) is 2.01. The predicted molar refractivity (Wildman–Crippen MR) is 52.4 cm³/mol. The molecule has 0 radical (unpaired) electrons. The minimum absolute atomic E-state index is 0.156. The lowest BCUT2D eigenvalue weighted by atomic mass is 10.3. The van der Waals surface area contributed by atoms with Crippen LogP contribution < -0.4 is 4.72 Å². The van der Waals surface area contributed by atoms with Gasteiger partial charge in [0, 0.05) is 18.0 Å². The number of hydrogen-bond acceptors (Lipinski definition) is 3. The average molecular weight is 229 g/mol. The van der Waals surface area contributed by atoms with E-state index in [0.29, 0.717) is 0 Å². The van der Waals surface area contributed by atoms with Crippen LogP contribution in [-0.2, 0) is 16.1 Å². The molecule has 1 unspecified atom stereocenters. The summed E-state index contributed by atoms with van der Waals surface area (Å²) in [6.07, 6.45) is -4.14. The summed E-state index contributed by atoms with van der Waals surface area (Å²) in [6, 6.07) is 0. The second-order valence-corrected chi connectivity index (χ2v) is 5.71. The first-order valence-corrected chi connectivity index (χ1v) is 5.51. The summed E-state index contributed by atoms with van der Waals surface area (Å²) in [6.45, 7) is 6.86. The molecule has 2 atom stereocenters. The highest BCUT2D eigenvalue weighted by Crippen LogP contribution is 2.15. The number of halogens is 2. The zero-order chi connectivity index (χ0) is 11.4. The molecule has 0 aliphatic heterocycles. The maximum atomic E-state index is 12.3. The van der Waals surface area contributed by atoms with Gasteiger partial charge in [0.2, 0.25) is 6.23 Å². The summed E-state index contributed by atoms with van der Waals surface area (Å²) < 4.78 is 42.5. The van der Waals surface area contributed by atoms with E-state index in [1.54, 1.807) is 27.7 Å². The largest absolute Gasteiger partial charge is 0.598 e. The van der Waals surface area contributed by atoms with Gasteiger partial charge >= 0.3 is 0 Å². The lowest BCUT2D eigenvalue weighted by Gasteiger charge is -2.27. The van der Waals surface area contributed by atoms with E-state index in [-0.39, 0.29) is 6.61 Å². The van der Waals surface area contributed by atoms with Crippen LogP contribution in [0.5, 0.6) is 0 Å². The van der Waals surface area contributed by atoms with Crippen molar-refractivity contribution in [3.8, 4) is 0 Å². The number of hydrogen-bond donors (Lipinski definition) is 1. The van der Waals surface area contributed by atoms with Crippen LogP contribution in [0.2, 0.25) is 0 Å². The van der Waals surface area contributed by atoms with E-state index in [1.807, 2.05) is 0 Å². The summed E-state index contributed by atoms with van der Waals surface area (Å²) >= 11 is -1.54. The highest BCUT2D eigenvalue weighted by Gasteiger charge is 2.33. The number of nitrogens with one attached hydrogen (secondary N) is 1. The maximum absolute atomic E-state index is 12.3. The molecule has 6 heteroatoms. The molecule has 0 heterocycles. The maximum Gasteiger partial charge on any atom is 0.281 e. The topological polar surface area (TPSA) is 44.3 Å². The van der Waals surface area contributed by atoms with Gasteiger partial charge in [-0.15, -0.1) is 4.72 Å². The van der Waals surface area contributed by atoms with E-state index >= 15 is 0 Å². The van der Waals surface area contributed by atoms with Gasteiger partial charge < -0.3 is 9.29 Å². The molecular weight excluding hydrogens is 212 g/mol. The first-order valence-electron chi connectivity index (χ1n) is 4.36. The Labute approximate surface area is 86.5 Å². The Morgan fingerprint density at radius 3 is 2.21 bits per heavy atom. The molecule has 0 aliphatic carbocycles. The third-order valence-corrected chi connectivity index (χ3v) is 2.91. The van der Waals surface area contributed by atoms with Crippen LogP contribution in [0.4, 0.5) is 8.78 Å². The molecule has 0 spiro atoms. The molecule has 0 aromatic rings. The molecule has 0 bridgehead atoms. The van der Waals surface area contributed by atoms with Gasteiger partial charge in [-0.3, -0.25) is 0 Å². The lowest BCUT2D eigenvalue weighted by Crippen LogP contribution is -2.48. The molecule has 0 fully saturated rings. The Balaban J connectivity index is 4.16. The van der Waals surface area contributed by atoms with Crippen LogP contribution in [0, 0.1) is 0 Å². The van der Waals surface area contributed by atoms with E-state index in [0.717, 1.165) is 0 Å². The van der Waals surface area contributed by atoms with Crippen molar-refractivity contribution in [1.82, 2.24) is 4.72 Å². The monoisotopic (exact) mass is 229 g/mol. The molecule has 0 amide bonds. The second kappa shape index (κ2) is 5.85. The van der Waals surface area contributed by atoms with Crippen LogP contribution in [0.25, 0.3) is 0 Å². The van der Waals surface area contributed by atoms with Crippen LogP contribution in [0.3, 0.4) is 0 Å². The summed E-state index contributed by atoms with van der Waals surface area (Å²) in [5.41, 5.74) is 0. The highest BCUT2D eigenvalue weighted by molar-refractivity contribution is 7.90. The molecule has 0 saturated heterocycles. The Bertz CT molecular complexity index is 164. The van der Waals surface area contributed by atoms with Crippen LogP contribution in [0.15, 0.2) is 0 Å². The molecular formula is C8H17F2NO2S. The minimum atomic E-state index is -2.68. The van der Waals surface area contributed by atoms with Gasteiger partial charge in [0.15, 0.2) is 0 Å². The highest BCUT2D eigenvalue weighted by atomic mass is 32.2.